The topological polar surface area (TPSA) is 80.3 Å². The fourth-order valence-corrected chi connectivity index (χ4v) is 3.78. The molecular weight excluding hydrogens is 424 g/mol. The van der Waals surface area contributed by atoms with Crippen LogP contribution in [-0.4, -0.2) is 33.3 Å². The van der Waals surface area contributed by atoms with Crippen molar-refractivity contribution >= 4 is 12.4 Å². The molecular formula is C26H28O7. The first-order chi connectivity index (χ1) is 15.9. The molecule has 0 aromatic heterocycles. The number of carbonyl (C=O) groups excluding carboxylic acids is 2. The highest BCUT2D eigenvalue weighted by Gasteiger charge is 2.30. The smallest absolute Gasteiger partial charge is 0.346 e. The van der Waals surface area contributed by atoms with Gasteiger partial charge in [-0.2, -0.15) is 0 Å². The van der Waals surface area contributed by atoms with Crippen molar-refractivity contribution in [1.82, 2.24) is 0 Å². The van der Waals surface area contributed by atoms with Crippen LogP contribution >= 0.6 is 0 Å². The highest BCUT2D eigenvalue weighted by molar-refractivity contribution is 5.96. The summed E-state index contributed by atoms with van der Waals surface area (Å²) in [5, 5.41) is 0. The van der Waals surface area contributed by atoms with Gasteiger partial charge in [0.15, 0.2) is 0 Å². The molecule has 0 aliphatic carbocycles. The molecule has 0 N–H and O–H groups in total. The number of aryl methyl sites for hydroxylation is 1. The largest absolute Gasteiger partial charge is 0.495 e. The second-order valence-corrected chi connectivity index (χ2v) is 8.13. The van der Waals surface area contributed by atoms with Crippen LogP contribution in [0.25, 0.3) is 0 Å². The average molecular weight is 453 g/mol. The first-order valence-corrected chi connectivity index (χ1v) is 10.7. The molecule has 0 fully saturated rings. The Labute approximate surface area is 193 Å². The molecule has 0 saturated heterocycles. The summed E-state index contributed by atoms with van der Waals surface area (Å²) < 4.78 is 27.8. The van der Waals surface area contributed by atoms with Crippen molar-refractivity contribution in [2.75, 3.05) is 20.8 Å². The Kier molecular flexibility index (Phi) is 7.96. The molecule has 7 heteroatoms. The number of methoxy groups -OCH3 is 2. The highest BCUT2D eigenvalue weighted by Crippen LogP contribution is 2.43. The number of carbonyl (C=O) groups is 2. The first-order valence-electron chi connectivity index (χ1n) is 10.7. The van der Waals surface area contributed by atoms with Crippen molar-refractivity contribution in [3.05, 3.63) is 52.1 Å². The molecule has 1 heterocycles. The summed E-state index contributed by atoms with van der Waals surface area (Å²) in [5.41, 5.74) is 3.05. The maximum Gasteiger partial charge on any atom is 0.346 e. The van der Waals surface area contributed by atoms with E-state index in [0.717, 1.165) is 5.56 Å². The quantitative estimate of drug-likeness (QED) is 0.341. The van der Waals surface area contributed by atoms with E-state index in [1.807, 2.05) is 32.9 Å². The highest BCUT2D eigenvalue weighted by atomic mass is 16.5. The van der Waals surface area contributed by atoms with Crippen molar-refractivity contribution in [2.45, 2.75) is 39.9 Å². The van der Waals surface area contributed by atoms with Gasteiger partial charge < -0.3 is 23.7 Å². The van der Waals surface area contributed by atoms with Gasteiger partial charge in [0.2, 0.25) is 0 Å². The standard InChI is InChI=1S/C26H28O7/c1-16(2)11-22(32-15-27)20-8-9-21-23(25(20)30-5)26(28)31-14-19-13-17(3)12-18(24(19)33-21)7-6-10-29-4/h8-9,12-13,15-16,22H,10-11,14H2,1-5H3. The Morgan fingerprint density at radius 2 is 2.00 bits per heavy atom. The Bertz CT molecular complexity index is 1090. The lowest BCUT2D eigenvalue weighted by Crippen LogP contribution is -2.16. The predicted molar refractivity (Wildman–Crippen MR) is 121 cm³/mol. The molecule has 3 rings (SSSR count). The third-order valence-electron chi connectivity index (χ3n) is 5.13. The van der Waals surface area contributed by atoms with E-state index in [4.69, 9.17) is 23.7 Å². The number of hydrogen-bond acceptors (Lipinski definition) is 7. The minimum absolute atomic E-state index is 0.0158. The summed E-state index contributed by atoms with van der Waals surface area (Å²) in [6.45, 7) is 6.67. The second-order valence-electron chi connectivity index (χ2n) is 8.13. The molecule has 174 valence electrons. The normalized spacial score (nSPS) is 13.2. The first kappa shape index (κ1) is 24.1. The van der Waals surface area contributed by atoms with Gasteiger partial charge in [-0.05, 0) is 49.1 Å². The molecule has 33 heavy (non-hydrogen) atoms. The molecule has 2 aromatic carbocycles. The fourth-order valence-electron chi connectivity index (χ4n) is 3.78. The third-order valence-corrected chi connectivity index (χ3v) is 5.13. The summed E-state index contributed by atoms with van der Waals surface area (Å²) in [4.78, 5) is 24.2. The monoisotopic (exact) mass is 452 g/mol. The molecule has 1 atom stereocenters. The zero-order chi connectivity index (χ0) is 24.0. The van der Waals surface area contributed by atoms with Crippen molar-refractivity contribution < 1.29 is 33.3 Å². The molecule has 1 unspecified atom stereocenters. The Morgan fingerprint density at radius 3 is 2.67 bits per heavy atom. The van der Waals surface area contributed by atoms with Crippen molar-refractivity contribution in [2.24, 2.45) is 5.92 Å². The zero-order valence-electron chi connectivity index (χ0n) is 19.5. The summed E-state index contributed by atoms with van der Waals surface area (Å²) in [6, 6.07) is 7.22. The lowest BCUT2D eigenvalue weighted by Gasteiger charge is -2.25. The van der Waals surface area contributed by atoms with Crippen LogP contribution in [0.4, 0.5) is 0 Å². The maximum absolute atomic E-state index is 13.0. The second kappa shape index (κ2) is 10.9. The van der Waals surface area contributed by atoms with Gasteiger partial charge in [0.1, 0.15) is 42.1 Å². The minimum Gasteiger partial charge on any atom is -0.495 e. The van der Waals surface area contributed by atoms with Crippen molar-refractivity contribution in [3.63, 3.8) is 0 Å². The molecule has 1 aliphatic heterocycles. The Balaban J connectivity index is 2.15. The molecule has 0 radical (unpaired) electrons. The third kappa shape index (κ3) is 5.47. The van der Waals surface area contributed by atoms with Crippen LogP contribution in [0.15, 0.2) is 24.3 Å². The Hall–Kier alpha value is -3.50. The SMILES string of the molecule is COCC#Cc1cc(C)cc2c1Oc1ccc(C(CC(C)C)OC=O)c(OC)c1C(=O)OC2. The molecule has 7 nitrogen and oxygen atoms in total. The summed E-state index contributed by atoms with van der Waals surface area (Å²) in [6.07, 6.45) is -0.0168. The van der Waals surface area contributed by atoms with Crippen LogP contribution in [-0.2, 0) is 25.6 Å². The van der Waals surface area contributed by atoms with Crippen LogP contribution in [0.2, 0.25) is 0 Å². The van der Waals surface area contributed by atoms with E-state index in [1.165, 1.54) is 7.11 Å². The predicted octanol–water partition coefficient (Wildman–Crippen LogP) is 4.72. The number of ether oxygens (including phenoxy) is 5. The van der Waals surface area contributed by atoms with Gasteiger partial charge in [0.25, 0.3) is 6.47 Å². The van der Waals surface area contributed by atoms with E-state index in [9.17, 15) is 9.59 Å². The summed E-state index contributed by atoms with van der Waals surface area (Å²) in [7, 11) is 3.03. The molecule has 0 spiro atoms. The van der Waals surface area contributed by atoms with E-state index >= 15 is 0 Å². The number of benzene rings is 2. The lowest BCUT2D eigenvalue weighted by molar-refractivity contribution is -0.134. The molecule has 2 aromatic rings. The number of esters is 1. The number of hydrogen-bond donors (Lipinski definition) is 0. The van der Waals surface area contributed by atoms with E-state index in [2.05, 4.69) is 11.8 Å². The van der Waals surface area contributed by atoms with Gasteiger partial charge in [-0.3, -0.25) is 4.79 Å². The average Bonchev–Trinajstić information content (AvgIpc) is 2.77. The van der Waals surface area contributed by atoms with Crippen LogP contribution in [0.1, 0.15) is 59.0 Å². The molecule has 0 saturated carbocycles. The van der Waals surface area contributed by atoms with E-state index in [-0.39, 0.29) is 36.2 Å². The Morgan fingerprint density at radius 1 is 1.21 bits per heavy atom. The van der Waals surface area contributed by atoms with Gasteiger partial charge in [-0.25, -0.2) is 4.79 Å². The van der Waals surface area contributed by atoms with Crippen molar-refractivity contribution in [3.8, 4) is 29.1 Å². The minimum atomic E-state index is -0.586. The lowest BCUT2D eigenvalue weighted by atomic mass is 9.96. The van der Waals surface area contributed by atoms with Crippen LogP contribution < -0.4 is 9.47 Å². The maximum atomic E-state index is 13.0. The van der Waals surface area contributed by atoms with Gasteiger partial charge in [0.05, 0.1) is 12.7 Å². The molecule has 1 aliphatic rings. The van der Waals surface area contributed by atoms with E-state index in [0.29, 0.717) is 35.3 Å². The van der Waals surface area contributed by atoms with Gasteiger partial charge in [-0.1, -0.05) is 25.7 Å². The number of fused-ring (bicyclic) bond motifs is 2. The zero-order valence-corrected chi connectivity index (χ0v) is 19.5. The van der Waals surface area contributed by atoms with Crippen LogP contribution in [0.5, 0.6) is 17.2 Å². The number of cyclic esters (lactones) is 1. The molecule has 0 amide bonds. The fraction of sp³-hybridized carbons (Fsp3) is 0.385. The van der Waals surface area contributed by atoms with Crippen molar-refractivity contribution in [1.29, 1.82) is 0 Å². The summed E-state index contributed by atoms with van der Waals surface area (Å²) >= 11 is 0. The summed E-state index contributed by atoms with van der Waals surface area (Å²) in [5.74, 6) is 6.71. The van der Waals surface area contributed by atoms with Gasteiger partial charge >= 0.3 is 5.97 Å². The van der Waals surface area contributed by atoms with Crippen LogP contribution in [0, 0.1) is 24.7 Å². The van der Waals surface area contributed by atoms with E-state index in [1.54, 1.807) is 19.2 Å². The van der Waals surface area contributed by atoms with Gasteiger partial charge in [-0.15, -0.1) is 0 Å². The molecule has 0 bridgehead atoms. The van der Waals surface area contributed by atoms with Crippen LogP contribution in [0.3, 0.4) is 0 Å². The van der Waals surface area contributed by atoms with E-state index < -0.39 is 12.1 Å². The number of rotatable bonds is 7. The van der Waals surface area contributed by atoms with Gasteiger partial charge in [0, 0.05) is 18.2 Å².